The third kappa shape index (κ3) is 3.11. The number of hydrogen-bond acceptors (Lipinski definition) is 5. The molecule has 0 saturated carbocycles. The number of carbonyl (C=O) groups is 2. The van der Waals surface area contributed by atoms with E-state index in [1.54, 1.807) is 42.5 Å². The predicted octanol–water partition coefficient (Wildman–Crippen LogP) is 4.64. The number of fused-ring (bicyclic) bond motifs is 1. The van der Waals surface area contributed by atoms with E-state index < -0.39 is 27.7 Å². The van der Waals surface area contributed by atoms with Crippen LogP contribution in [0.1, 0.15) is 26.3 Å². The van der Waals surface area contributed by atoms with Crippen LogP contribution >= 0.6 is 0 Å². The summed E-state index contributed by atoms with van der Waals surface area (Å²) in [4.78, 5) is 28.3. The van der Waals surface area contributed by atoms with Crippen LogP contribution in [0.2, 0.25) is 0 Å². The first kappa shape index (κ1) is 21.6. The van der Waals surface area contributed by atoms with Crippen LogP contribution in [-0.4, -0.2) is 24.5 Å². The molecule has 0 fully saturated rings. The molecular formula is C26H17FN3O3+. The van der Waals surface area contributed by atoms with Crippen molar-refractivity contribution in [3.63, 3.8) is 0 Å². The van der Waals surface area contributed by atoms with Gasteiger partial charge in [-0.3, -0.25) is 0 Å². The molecule has 1 heterocycles. The fraction of sp³-hybridized carbons (Fsp3) is 0.0769. The molecular weight excluding hydrogens is 421 g/mol. The number of nitrogens with zero attached hydrogens (tertiary/aromatic N) is 3. The van der Waals surface area contributed by atoms with Crippen LogP contribution in [0.25, 0.3) is 6.08 Å². The molecule has 0 aliphatic carbocycles. The van der Waals surface area contributed by atoms with E-state index in [0.29, 0.717) is 11.3 Å². The molecule has 4 rings (SSSR count). The maximum absolute atomic E-state index is 14.2. The average Bonchev–Trinajstić information content (AvgIpc) is 2.87. The molecule has 2 amide bonds. The third-order valence-electron chi connectivity index (χ3n) is 5.71. The maximum atomic E-state index is 14.2. The topological polar surface area (TPSA) is 90.9 Å². The van der Waals surface area contributed by atoms with Crippen LogP contribution in [-0.2, 0) is 0 Å². The second-order valence-electron chi connectivity index (χ2n) is 7.40. The van der Waals surface area contributed by atoms with Crippen LogP contribution < -0.4 is 9.22 Å². The molecule has 6 nitrogen and oxygen atoms in total. The van der Waals surface area contributed by atoms with Gasteiger partial charge in [0.15, 0.2) is 17.8 Å². The SMILES string of the molecule is COc1ccc(C(=O)[N+]2(C(=O)c3ccc(F)cc3)c3ccccc3C=CC2(C#N)C#N)cc1. The van der Waals surface area contributed by atoms with Crippen LogP contribution in [0.5, 0.6) is 5.75 Å². The monoisotopic (exact) mass is 438 g/mol. The zero-order valence-corrected chi connectivity index (χ0v) is 17.5. The molecule has 0 bridgehead atoms. The molecule has 0 spiro atoms. The van der Waals surface area contributed by atoms with Crippen molar-refractivity contribution in [2.45, 2.75) is 5.54 Å². The first-order valence-corrected chi connectivity index (χ1v) is 9.93. The normalized spacial score (nSPS) is 17.8. The van der Waals surface area contributed by atoms with Crippen molar-refractivity contribution < 1.29 is 18.7 Å². The summed E-state index contributed by atoms with van der Waals surface area (Å²) in [5.74, 6) is -1.67. The first-order valence-electron chi connectivity index (χ1n) is 9.93. The van der Waals surface area contributed by atoms with Gasteiger partial charge in [0, 0.05) is 17.7 Å². The summed E-state index contributed by atoms with van der Waals surface area (Å²) in [5.41, 5.74) is -1.42. The van der Waals surface area contributed by atoms with Crippen molar-refractivity contribution in [1.82, 2.24) is 4.48 Å². The summed E-state index contributed by atoms with van der Waals surface area (Å²) in [5, 5.41) is 20.4. The molecule has 1 aliphatic heterocycles. The highest BCUT2D eigenvalue weighted by atomic mass is 19.1. The van der Waals surface area contributed by atoms with Gasteiger partial charge in [-0.1, -0.05) is 12.1 Å². The molecule has 1 aliphatic rings. The molecule has 0 saturated heterocycles. The molecule has 0 radical (unpaired) electrons. The zero-order chi connectivity index (χ0) is 23.6. The zero-order valence-electron chi connectivity index (χ0n) is 17.5. The van der Waals surface area contributed by atoms with E-state index in [4.69, 9.17) is 4.74 Å². The number of nitriles is 2. The standard InChI is InChI=1S/C26H17FN3O3/c1-33-22-12-8-20(9-13-22)25(32)30(24(31)19-6-10-21(27)11-7-19)23-5-3-2-4-18(23)14-15-26(30,16-28)17-29/h2-15H,1H3/q+1. The minimum absolute atomic E-state index is 0.0155. The van der Waals surface area contributed by atoms with E-state index in [0.717, 1.165) is 12.1 Å². The van der Waals surface area contributed by atoms with Crippen molar-refractivity contribution >= 4 is 23.6 Å². The van der Waals surface area contributed by atoms with E-state index in [2.05, 4.69) is 0 Å². The Hall–Kier alpha value is -4.59. The molecule has 1 atom stereocenters. The number of ether oxygens (including phenoxy) is 1. The van der Waals surface area contributed by atoms with Crippen molar-refractivity contribution in [3.8, 4) is 17.9 Å². The van der Waals surface area contributed by atoms with Crippen molar-refractivity contribution in [1.29, 1.82) is 10.5 Å². The van der Waals surface area contributed by atoms with Crippen molar-refractivity contribution in [2.24, 2.45) is 0 Å². The fourth-order valence-corrected chi connectivity index (χ4v) is 4.04. The quantitative estimate of drug-likeness (QED) is 0.439. The molecule has 1 unspecified atom stereocenters. The number of amides is 2. The second kappa shape index (κ2) is 8.16. The largest absolute Gasteiger partial charge is 0.497 e. The van der Waals surface area contributed by atoms with Gasteiger partial charge in [0.1, 0.15) is 11.6 Å². The Balaban J connectivity index is 2.09. The van der Waals surface area contributed by atoms with E-state index in [1.807, 2.05) is 12.1 Å². The highest BCUT2D eigenvalue weighted by Crippen LogP contribution is 2.44. The molecule has 3 aromatic rings. The molecule has 160 valence electrons. The Morgan fingerprint density at radius 3 is 1.97 bits per heavy atom. The molecule has 0 aromatic heterocycles. The number of hydrogen-bond donors (Lipinski definition) is 0. The second-order valence-corrected chi connectivity index (χ2v) is 7.40. The van der Waals surface area contributed by atoms with Gasteiger partial charge >= 0.3 is 17.4 Å². The number of halogens is 1. The Labute approximate surface area is 189 Å². The Morgan fingerprint density at radius 2 is 1.42 bits per heavy atom. The van der Waals surface area contributed by atoms with Gasteiger partial charge in [-0.25, -0.2) is 14.0 Å². The number of rotatable bonds is 3. The third-order valence-corrected chi connectivity index (χ3v) is 5.71. The van der Waals surface area contributed by atoms with Gasteiger partial charge in [-0.2, -0.15) is 10.5 Å². The summed E-state index contributed by atoms with van der Waals surface area (Å²) < 4.78 is 17.5. The van der Waals surface area contributed by atoms with Crippen LogP contribution in [0.15, 0.2) is 78.9 Å². The summed E-state index contributed by atoms with van der Waals surface area (Å²) in [6.07, 6.45) is 2.83. The van der Waals surface area contributed by atoms with Gasteiger partial charge in [-0.15, -0.1) is 4.48 Å². The van der Waals surface area contributed by atoms with Crippen LogP contribution in [0, 0.1) is 28.5 Å². The lowest BCUT2D eigenvalue weighted by molar-refractivity contribution is 0.0568. The molecule has 3 aromatic carbocycles. The van der Waals surface area contributed by atoms with Gasteiger partial charge in [0.2, 0.25) is 0 Å². The molecule has 0 N–H and O–H groups in total. The lowest BCUT2D eigenvalue weighted by Gasteiger charge is -2.41. The van der Waals surface area contributed by atoms with E-state index in [1.165, 1.54) is 37.5 Å². The number of para-hydroxylation sites is 1. The van der Waals surface area contributed by atoms with Crippen LogP contribution in [0.3, 0.4) is 0 Å². The Morgan fingerprint density at radius 1 is 0.879 bits per heavy atom. The fourth-order valence-electron chi connectivity index (χ4n) is 4.04. The Kier molecular flexibility index (Phi) is 5.35. The van der Waals surface area contributed by atoms with Gasteiger partial charge < -0.3 is 4.74 Å². The summed E-state index contributed by atoms with van der Waals surface area (Å²) >= 11 is 0. The highest BCUT2D eigenvalue weighted by Gasteiger charge is 2.65. The van der Waals surface area contributed by atoms with E-state index in [9.17, 15) is 24.5 Å². The van der Waals surface area contributed by atoms with E-state index >= 15 is 0 Å². The Bertz CT molecular complexity index is 1350. The average molecular weight is 438 g/mol. The number of imide groups is 1. The number of methoxy groups -OCH3 is 1. The van der Waals surface area contributed by atoms with Gasteiger partial charge in [0.05, 0.1) is 18.2 Å². The first-order chi connectivity index (χ1) is 15.9. The lowest BCUT2D eigenvalue weighted by Crippen LogP contribution is -2.71. The smallest absolute Gasteiger partial charge is 0.361 e. The van der Waals surface area contributed by atoms with Gasteiger partial charge in [-0.05, 0) is 60.7 Å². The summed E-state index contributed by atoms with van der Waals surface area (Å²) in [6.45, 7) is 0. The van der Waals surface area contributed by atoms with E-state index in [-0.39, 0.29) is 16.8 Å². The number of carbonyl (C=O) groups excluding carboxylic acids is 2. The number of quaternary nitrogens is 1. The lowest BCUT2D eigenvalue weighted by atomic mass is 9.85. The summed E-state index contributed by atoms with van der Waals surface area (Å²) in [6, 6.07) is 21.1. The summed E-state index contributed by atoms with van der Waals surface area (Å²) in [7, 11) is 1.48. The van der Waals surface area contributed by atoms with Crippen molar-refractivity contribution in [2.75, 3.05) is 7.11 Å². The minimum Gasteiger partial charge on any atom is -0.497 e. The maximum Gasteiger partial charge on any atom is 0.361 e. The van der Waals surface area contributed by atoms with Gasteiger partial charge in [0.25, 0.3) is 0 Å². The minimum atomic E-state index is -2.20. The molecule has 33 heavy (non-hydrogen) atoms. The predicted molar refractivity (Wildman–Crippen MR) is 119 cm³/mol. The van der Waals surface area contributed by atoms with Crippen LogP contribution in [0.4, 0.5) is 10.1 Å². The molecule has 7 heteroatoms. The highest BCUT2D eigenvalue weighted by molar-refractivity contribution is 6.23. The number of benzene rings is 3. The van der Waals surface area contributed by atoms with Crippen molar-refractivity contribution in [3.05, 3.63) is 101 Å².